The smallest absolute Gasteiger partial charge is 0.168 e. The molecule has 0 radical (unpaired) electrons. The number of aromatic nitrogens is 1. The van der Waals surface area contributed by atoms with Crippen LogP contribution in [-0.4, -0.2) is 30.8 Å². The molecule has 1 fully saturated rings. The molecular weight excluding hydrogens is 228 g/mol. The lowest BCUT2D eigenvalue weighted by atomic mass is 9.64. The van der Waals surface area contributed by atoms with Crippen LogP contribution in [-0.2, 0) is 4.74 Å². The molecule has 0 spiro atoms. The van der Waals surface area contributed by atoms with Crippen molar-refractivity contribution in [3.05, 3.63) is 18.3 Å². The Labute approximate surface area is 109 Å². The first kappa shape index (κ1) is 13.1. The van der Waals surface area contributed by atoms with Gasteiger partial charge in [0.05, 0.1) is 12.7 Å². The number of nitrogens with zero attached hydrogens (tertiary/aromatic N) is 1. The third kappa shape index (κ3) is 2.29. The number of ether oxygens (including phenoxy) is 2. The molecule has 0 saturated heterocycles. The molecule has 0 aromatic carbocycles. The lowest BCUT2D eigenvalue weighted by Gasteiger charge is -2.51. The molecule has 2 rings (SSSR count). The van der Waals surface area contributed by atoms with Crippen molar-refractivity contribution in [2.45, 2.75) is 39.3 Å². The van der Waals surface area contributed by atoms with Gasteiger partial charge in [-0.25, -0.2) is 4.98 Å². The van der Waals surface area contributed by atoms with Crippen LogP contribution in [0.25, 0.3) is 0 Å². The summed E-state index contributed by atoms with van der Waals surface area (Å²) in [5.41, 5.74) is 0.121. The lowest BCUT2D eigenvalue weighted by molar-refractivity contribution is -0.0796. The van der Waals surface area contributed by atoms with Gasteiger partial charge in [0.15, 0.2) is 11.6 Å². The Balaban J connectivity index is 2.07. The first-order valence-electron chi connectivity index (χ1n) is 6.46. The molecular formula is C14H22N2O2. The van der Waals surface area contributed by atoms with Crippen molar-refractivity contribution in [1.82, 2.24) is 4.98 Å². The zero-order valence-corrected chi connectivity index (χ0v) is 11.6. The average molecular weight is 250 g/mol. The standard InChI is InChI=1S/C14H22N2O2/c1-5-18-10-7-6-8-15-13(10)16-11-9-12(17-4)14(11,2)3/h6-8,11-12H,5,9H2,1-4H3,(H,15,16). The van der Waals surface area contributed by atoms with Crippen LogP contribution in [0.2, 0.25) is 0 Å². The van der Waals surface area contributed by atoms with Crippen LogP contribution < -0.4 is 10.1 Å². The van der Waals surface area contributed by atoms with Gasteiger partial charge in [0.25, 0.3) is 0 Å². The highest BCUT2D eigenvalue weighted by Gasteiger charge is 2.48. The zero-order chi connectivity index (χ0) is 13.2. The van der Waals surface area contributed by atoms with Crippen molar-refractivity contribution < 1.29 is 9.47 Å². The van der Waals surface area contributed by atoms with E-state index in [1.54, 1.807) is 13.3 Å². The van der Waals surface area contributed by atoms with E-state index in [9.17, 15) is 0 Å². The maximum absolute atomic E-state index is 5.57. The molecule has 4 nitrogen and oxygen atoms in total. The second-order valence-corrected chi connectivity index (χ2v) is 5.26. The summed E-state index contributed by atoms with van der Waals surface area (Å²) in [5.74, 6) is 1.64. The molecule has 100 valence electrons. The first-order chi connectivity index (χ1) is 8.59. The fourth-order valence-electron chi connectivity index (χ4n) is 2.47. The van der Waals surface area contributed by atoms with E-state index in [-0.39, 0.29) is 5.41 Å². The van der Waals surface area contributed by atoms with Crippen LogP contribution in [0.4, 0.5) is 5.82 Å². The van der Waals surface area contributed by atoms with Crippen molar-refractivity contribution in [1.29, 1.82) is 0 Å². The van der Waals surface area contributed by atoms with Gasteiger partial charge < -0.3 is 14.8 Å². The minimum absolute atomic E-state index is 0.121. The Kier molecular flexibility index (Phi) is 3.76. The molecule has 2 unspecified atom stereocenters. The second-order valence-electron chi connectivity index (χ2n) is 5.26. The van der Waals surface area contributed by atoms with Gasteiger partial charge in [0.2, 0.25) is 0 Å². The van der Waals surface area contributed by atoms with Gasteiger partial charge in [-0.3, -0.25) is 0 Å². The minimum atomic E-state index is 0.121. The third-order valence-corrected chi connectivity index (χ3v) is 3.84. The fourth-order valence-corrected chi connectivity index (χ4v) is 2.47. The third-order valence-electron chi connectivity index (χ3n) is 3.84. The van der Waals surface area contributed by atoms with Gasteiger partial charge in [0.1, 0.15) is 0 Å². The molecule has 18 heavy (non-hydrogen) atoms. The Morgan fingerprint density at radius 2 is 2.28 bits per heavy atom. The van der Waals surface area contributed by atoms with Crippen molar-refractivity contribution in [3.8, 4) is 5.75 Å². The molecule has 1 aliphatic carbocycles. The number of nitrogens with one attached hydrogen (secondary N) is 1. The molecule has 0 amide bonds. The quantitative estimate of drug-likeness (QED) is 0.872. The van der Waals surface area contributed by atoms with Crippen molar-refractivity contribution in [2.24, 2.45) is 5.41 Å². The lowest BCUT2D eigenvalue weighted by Crippen LogP contribution is -2.57. The highest BCUT2D eigenvalue weighted by Crippen LogP contribution is 2.44. The maximum atomic E-state index is 5.57. The van der Waals surface area contributed by atoms with E-state index in [0.717, 1.165) is 18.0 Å². The fraction of sp³-hybridized carbons (Fsp3) is 0.643. The first-order valence-corrected chi connectivity index (χ1v) is 6.46. The molecule has 1 aliphatic rings. The van der Waals surface area contributed by atoms with Gasteiger partial charge in [-0.1, -0.05) is 13.8 Å². The van der Waals surface area contributed by atoms with E-state index in [1.165, 1.54) is 0 Å². The van der Waals surface area contributed by atoms with E-state index in [1.807, 2.05) is 19.1 Å². The molecule has 0 bridgehead atoms. The highest BCUT2D eigenvalue weighted by molar-refractivity contribution is 5.51. The molecule has 1 N–H and O–H groups in total. The summed E-state index contributed by atoms with van der Waals surface area (Å²) < 4.78 is 11.0. The van der Waals surface area contributed by atoms with Gasteiger partial charge in [-0.2, -0.15) is 0 Å². The van der Waals surface area contributed by atoms with Crippen LogP contribution >= 0.6 is 0 Å². The molecule has 0 aliphatic heterocycles. The minimum Gasteiger partial charge on any atom is -0.490 e. The van der Waals surface area contributed by atoms with E-state index < -0.39 is 0 Å². The van der Waals surface area contributed by atoms with Gasteiger partial charge in [0, 0.05) is 24.8 Å². The largest absolute Gasteiger partial charge is 0.490 e. The second kappa shape index (κ2) is 5.14. The highest BCUT2D eigenvalue weighted by atomic mass is 16.5. The zero-order valence-electron chi connectivity index (χ0n) is 11.6. The Morgan fingerprint density at radius 3 is 2.89 bits per heavy atom. The Hall–Kier alpha value is -1.29. The van der Waals surface area contributed by atoms with Crippen LogP contribution in [0.15, 0.2) is 18.3 Å². The molecule has 2 atom stereocenters. The topological polar surface area (TPSA) is 43.4 Å². The molecule has 1 heterocycles. The molecule has 4 heteroatoms. The molecule has 1 aromatic heterocycles. The van der Waals surface area contributed by atoms with E-state index in [2.05, 4.69) is 24.1 Å². The van der Waals surface area contributed by atoms with Crippen molar-refractivity contribution in [3.63, 3.8) is 0 Å². The summed E-state index contributed by atoms with van der Waals surface area (Å²) in [7, 11) is 1.77. The number of methoxy groups -OCH3 is 1. The summed E-state index contributed by atoms with van der Waals surface area (Å²) in [4.78, 5) is 4.36. The van der Waals surface area contributed by atoms with Crippen LogP contribution in [0.1, 0.15) is 27.2 Å². The van der Waals surface area contributed by atoms with Crippen LogP contribution in [0, 0.1) is 5.41 Å². The summed E-state index contributed by atoms with van der Waals surface area (Å²) in [6.07, 6.45) is 3.10. The van der Waals surface area contributed by atoms with Crippen LogP contribution in [0.5, 0.6) is 5.75 Å². The summed E-state index contributed by atoms with van der Waals surface area (Å²) >= 11 is 0. The van der Waals surface area contributed by atoms with Gasteiger partial charge >= 0.3 is 0 Å². The normalized spacial score (nSPS) is 25.3. The molecule has 1 saturated carbocycles. The predicted molar refractivity (Wildman–Crippen MR) is 72.0 cm³/mol. The maximum Gasteiger partial charge on any atom is 0.168 e. The average Bonchev–Trinajstić information content (AvgIpc) is 2.36. The number of pyridine rings is 1. The molecule has 1 aromatic rings. The monoisotopic (exact) mass is 250 g/mol. The van der Waals surface area contributed by atoms with E-state index in [4.69, 9.17) is 9.47 Å². The van der Waals surface area contributed by atoms with E-state index in [0.29, 0.717) is 18.8 Å². The van der Waals surface area contributed by atoms with Crippen molar-refractivity contribution in [2.75, 3.05) is 19.0 Å². The Bertz CT molecular complexity index is 407. The number of hydrogen-bond donors (Lipinski definition) is 1. The van der Waals surface area contributed by atoms with Crippen LogP contribution in [0.3, 0.4) is 0 Å². The summed E-state index contributed by atoms with van der Waals surface area (Å²) in [6.45, 7) is 7.05. The predicted octanol–water partition coefficient (Wildman–Crippen LogP) is 2.71. The summed E-state index contributed by atoms with van der Waals surface area (Å²) in [6, 6.07) is 4.20. The number of rotatable bonds is 5. The van der Waals surface area contributed by atoms with Gasteiger partial charge in [-0.05, 0) is 25.5 Å². The van der Waals surface area contributed by atoms with Gasteiger partial charge in [-0.15, -0.1) is 0 Å². The van der Waals surface area contributed by atoms with E-state index >= 15 is 0 Å². The number of anilines is 1. The Morgan fingerprint density at radius 1 is 1.50 bits per heavy atom. The summed E-state index contributed by atoms with van der Waals surface area (Å²) in [5, 5.41) is 3.47. The SMILES string of the molecule is CCOc1cccnc1NC1CC(OC)C1(C)C. The number of hydrogen-bond acceptors (Lipinski definition) is 4. The van der Waals surface area contributed by atoms with Crippen molar-refractivity contribution >= 4 is 5.82 Å².